The van der Waals surface area contributed by atoms with Crippen LogP contribution in [-0.2, 0) is 0 Å². The van der Waals surface area contributed by atoms with Crippen LogP contribution in [-0.4, -0.2) is 29.0 Å². The quantitative estimate of drug-likeness (QED) is 0.766. The Morgan fingerprint density at radius 3 is 2.64 bits per heavy atom. The van der Waals surface area contributed by atoms with Crippen LogP contribution in [0.4, 0.5) is 0 Å². The Morgan fingerprint density at radius 1 is 1.50 bits per heavy atom. The molecule has 0 radical (unpaired) electrons. The molecule has 1 rings (SSSR count). The smallest absolute Gasteiger partial charge is 0.163 e. The molecule has 3 N–H and O–H groups in total. The predicted molar refractivity (Wildman–Crippen MR) is 54.4 cm³/mol. The summed E-state index contributed by atoms with van der Waals surface area (Å²) in [6.07, 6.45) is -1.11. The highest BCUT2D eigenvalue weighted by atomic mass is 79.9. The lowest BCUT2D eigenvalue weighted by molar-refractivity contribution is 0.0930. The molecule has 1 aromatic rings. The minimum Gasteiger partial charge on any atom is -0.504 e. The maximum absolute atomic E-state index is 9.60. The van der Waals surface area contributed by atoms with Crippen molar-refractivity contribution in [1.29, 1.82) is 0 Å². The number of rotatable bonds is 3. The van der Waals surface area contributed by atoms with Gasteiger partial charge in [-0.05, 0) is 12.1 Å². The zero-order chi connectivity index (χ0) is 10.7. The van der Waals surface area contributed by atoms with Crippen LogP contribution < -0.4 is 4.74 Å². The van der Waals surface area contributed by atoms with Gasteiger partial charge < -0.3 is 20.1 Å². The van der Waals surface area contributed by atoms with E-state index >= 15 is 0 Å². The first-order chi connectivity index (χ1) is 6.60. The zero-order valence-corrected chi connectivity index (χ0v) is 9.15. The van der Waals surface area contributed by atoms with Crippen LogP contribution in [0.2, 0.25) is 0 Å². The fraction of sp³-hybridized carbons (Fsp3) is 0.333. The van der Waals surface area contributed by atoms with E-state index in [9.17, 15) is 10.2 Å². The number of phenolic OH excluding ortho intramolecular Hbond substituents is 1. The van der Waals surface area contributed by atoms with E-state index in [0.29, 0.717) is 4.47 Å². The largest absolute Gasteiger partial charge is 0.504 e. The van der Waals surface area contributed by atoms with E-state index in [2.05, 4.69) is 15.9 Å². The van der Waals surface area contributed by atoms with Crippen molar-refractivity contribution >= 4 is 15.9 Å². The third-order valence-electron chi connectivity index (χ3n) is 1.82. The first kappa shape index (κ1) is 11.3. The third-order valence-corrected chi connectivity index (χ3v) is 2.28. The average Bonchev–Trinajstić information content (AvgIpc) is 2.19. The Labute approximate surface area is 89.9 Å². The lowest BCUT2D eigenvalue weighted by Crippen LogP contribution is -2.03. The number of halogens is 1. The van der Waals surface area contributed by atoms with Gasteiger partial charge in [0.15, 0.2) is 11.5 Å². The highest BCUT2D eigenvalue weighted by molar-refractivity contribution is 9.10. The van der Waals surface area contributed by atoms with E-state index in [-0.39, 0.29) is 17.1 Å². The Hall–Kier alpha value is -0.780. The molecule has 1 aromatic carbocycles. The van der Waals surface area contributed by atoms with Gasteiger partial charge in [0.05, 0.1) is 13.7 Å². The molecule has 1 unspecified atom stereocenters. The second-order valence-electron chi connectivity index (χ2n) is 2.74. The molecular weight excluding hydrogens is 252 g/mol. The summed E-state index contributed by atoms with van der Waals surface area (Å²) in [5.41, 5.74) is 0.235. The third kappa shape index (κ3) is 2.17. The lowest BCUT2D eigenvalue weighted by Gasteiger charge is -2.13. The topological polar surface area (TPSA) is 69.9 Å². The number of hydrogen-bond acceptors (Lipinski definition) is 4. The minimum absolute atomic E-state index is 0.155. The Balaban J connectivity index is 3.21. The summed E-state index contributed by atoms with van der Waals surface area (Å²) >= 11 is 3.20. The number of aromatic hydroxyl groups is 1. The monoisotopic (exact) mass is 262 g/mol. The van der Waals surface area contributed by atoms with Gasteiger partial charge in [0, 0.05) is 10.0 Å². The van der Waals surface area contributed by atoms with Crippen LogP contribution >= 0.6 is 15.9 Å². The van der Waals surface area contributed by atoms with E-state index in [1.54, 1.807) is 6.07 Å². The molecule has 0 amide bonds. The SMILES string of the molecule is COc1cc(Br)cc(C(O)CO)c1O. The molecule has 0 bridgehead atoms. The van der Waals surface area contributed by atoms with Gasteiger partial charge in [-0.15, -0.1) is 0 Å². The van der Waals surface area contributed by atoms with Crippen molar-refractivity contribution in [3.05, 3.63) is 22.2 Å². The minimum atomic E-state index is -1.11. The van der Waals surface area contributed by atoms with Crippen LogP contribution in [0.3, 0.4) is 0 Å². The summed E-state index contributed by atoms with van der Waals surface area (Å²) in [6.45, 7) is -0.451. The van der Waals surface area contributed by atoms with Crippen molar-refractivity contribution in [2.45, 2.75) is 6.10 Å². The Kier molecular flexibility index (Phi) is 3.74. The standard InChI is InChI=1S/C9H11BrO4/c1-14-8-3-5(10)2-6(9(8)13)7(12)4-11/h2-3,7,11-13H,4H2,1H3. The van der Waals surface area contributed by atoms with Gasteiger partial charge in [-0.2, -0.15) is 0 Å². The molecule has 4 nitrogen and oxygen atoms in total. The summed E-state index contributed by atoms with van der Waals surface area (Å²) in [4.78, 5) is 0. The fourth-order valence-electron chi connectivity index (χ4n) is 1.10. The van der Waals surface area contributed by atoms with Crippen molar-refractivity contribution in [2.75, 3.05) is 13.7 Å². The van der Waals surface area contributed by atoms with E-state index < -0.39 is 12.7 Å². The van der Waals surface area contributed by atoms with Crippen molar-refractivity contribution in [3.63, 3.8) is 0 Å². The molecule has 0 fully saturated rings. The molecule has 0 saturated carbocycles. The van der Waals surface area contributed by atoms with Crippen LogP contribution in [0.5, 0.6) is 11.5 Å². The van der Waals surface area contributed by atoms with Gasteiger partial charge in [0.1, 0.15) is 6.10 Å². The molecule has 0 aliphatic heterocycles. The van der Waals surface area contributed by atoms with Crippen molar-refractivity contribution in [2.24, 2.45) is 0 Å². The van der Waals surface area contributed by atoms with Gasteiger partial charge in [0.25, 0.3) is 0 Å². The molecular formula is C9H11BrO4. The Bertz CT molecular complexity index is 327. The lowest BCUT2D eigenvalue weighted by atomic mass is 10.1. The van der Waals surface area contributed by atoms with E-state index in [1.165, 1.54) is 13.2 Å². The van der Waals surface area contributed by atoms with Crippen LogP contribution in [0, 0.1) is 0 Å². The molecule has 0 aliphatic rings. The van der Waals surface area contributed by atoms with Crippen LogP contribution in [0.25, 0.3) is 0 Å². The summed E-state index contributed by atoms with van der Waals surface area (Å²) in [6, 6.07) is 3.10. The summed E-state index contributed by atoms with van der Waals surface area (Å²) < 4.78 is 5.55. The molecule has 0 heterocycles. The van der Waals surface area contributed by atoms with Gasteiger partial charge in [-0.3, -0.25) is 0 Å². The molecule has 14 heavy (non-hydrogen) atoms. The number of aliphatic hydroxyl groups excluding tert-OH is 2. The van der Waals surface area contributed by atoms with Crippen molar-refractivity contribution in [3.8, 4) is 11.5 Å². The maximum Gasteiger partial charge on any atom is 0.163 e. The number of methoxy groups -OCH3 is 1. The van der Waals surface area contributed by atoms with Crippen LogP contribution in [0.15, 0.2) is 16.6 Å². The molecule has 0 spiro atoms. The van der Waals surface area contributed by atoms with Gasteiger partial charge >= 0.3 is 0 Å². The molecule has 0 saturated heterocycles. The number of hydrogen-bond donors (Lipinski definition) is 3. The van der Waals surface area contributed by atoms with Gasteiger partial charge in [-0.25, -0.2) is 0 Å². The summed E-state index contributed by atoms with van der Waals surface area (Å²) in [5, 5.41) is 27.7. The molecule has 0 aromatic heterocycles. The number of ether oxygens (including phenoxy) is 1. The van der Waals surface area contributed by atoms with E-state index in [0.717, 1.165) is 0 Å². The summed E-state index contributed by atoms with van der Waals surface area (Å²) in [5.74, 6) is 0.0964. The summed E-state index contributed by atoms with van der Waals surface area (Å²) in [7, 11) is 1.41. The van der Waals surface area contributed by atoms with Gasteiger partial charge in [0.2, 0.25) is 0 Å². The highest BCUT2D eigenvalue weighted by Crippen LogP contribution is 2.36. The van der Waals surface area contributed by atoms with Gasteiger partial charge in [-0.1, -0.05) is 15.9 Å². The van der Waals surface area contributed by atoms with Crippen molar-refractivity contribution < 1.29 is 20.1 Å². The molecule has 78 valence electrons. The first-order valence-corrected chi connectivity index (χ1v) is 4.74. The number of benzene rings is 1. The number of aliphatic hydroxyl groups is 2. The van der Waals surface area contributed by atoms with Crippen molar-refractivity contribution in [1.82, 2.24) is 0 Å². The van der Waals surface area contributed by atoms with E-state index in [4.69, 9.17) is 9.84 Å². The zero-order valence-electron chi connectivity index (χ0n) is 7.57. The second-order valence-corrected chi connectivity index (χ2v) is 3.66. The second kappa shape index (κ2) is 4.63. The van der Waals surface area contributed by atoms with E-state index in [1.807, 2.05) is 0 Å². The first-order valence-electron chi connectivity index (χ1n) is 3.95. The molecule has 5 heteroatoms. The molecule has 0 aliphatic carbocycles. The number of phenols is 1. The Morgan fingerprint density at radius 2 is 2.14 bits per heavy atom. The average molecular weight is 263 g/mol. The highest BCUT2D eigenvalue weighted by Gasteiger charge is 2.16. The predicted octanol–water partition coefficient (Wildman–Crippen LogP) is 1.19. The molecule has 1 atom stereocenters. The normalized spacial score (nSPS) is 12.6. The fourth-order valence-corrected chi connectivity index (χ4v) is 1.56. The van der Waals surface area contributed by atoms with Crippen LogP contribution in [0.1, 0.15) is 11.7 Å². The maximum atomic E-state index is 9.60.